The molecule has 1 amide bonds. The molecule has 152 valence electrons. The normalized spacial score (nSPS) is 13.1. The second-order valence-electron chi connectivity index (χ2n) is 6.80. The number of hydrogen-bond acceptors (Lipinski definition) is 4. The van der Waals surface area contributed by atoms with Gasteiger partial charge in [-0.2, -0.15) is 0 Å². The van der Waals surface area contributed by atoms with Crippen LogP contribution in [0.15, 0.2) is 42.5 Å². The van der Waals surface area contributed by atoms with Crippen LogP contribution in [-0.2, 0) is 11.2 Å². The van der Waals surface area contributed by atoms with Crippen molar-refractivity contribution in [1.82, 2.24) is 25.5 Å². The van der Waals surface area contributed by atoms with Crippen LogP contribution >= 0.6 is 23.2 Å². The molecule has 2 aromatic carbocycles. The third-order valence-corrected chi connectivity index (χ3v) is 5.33. The Hall–Kier alpha value is -2.51. The van der Waals surface area contributed by atoms with Crippen LogP contribution in [-0.4, -0.2) is 32.7 Å². The maximum Gasteiger partial charge on any atom is 0.245 e. The number of benzene rings is 2. The summed E-state index contributed by atoms with van der Waals surface area (Å²) in [6.45, 7) is 3.99. The average Bonchev–Trinajstić information content (AvgIpc) is 3.11. The summed E-state index contributed by atoms with van der Waals surface area (Å²) in [5.74, 6) is -0.172. The SMILES string of the molecule is Cc1nnnn1C(Cc1ccc(F)cc1)C(=O)NCC(C)c1c(Cl)cccc1Cl. The highest BCUT2D eigenvalue weighted by molar-refractivity contribution is 6.36. The third kappa shape index (κ3) is 5.10. The van der Waals surface area contributed by atoms with Crippen molar-refractivity contribution in [2.75, 3.05) is 6.54 Å². The van der Waals surface area contributed by atoms with Gasteiger partial charge >= 0.3 is 0 Å². The van der Waals surface area contributed by atoms with E-state index in [1.54, 1.807) is 37.3 Å². The molecule has 6 nitrogen and oxygen atoms in total. The van der Waals surface area contributed by atoms with Crippen molar-refractivity contribution in [1.29, 1.82) is 0 Å². The minimum absolute atomic E-state index is 0.0958. The van der Waals surface area contributed by atoms with Gasteiger partial charge in [-0.3, -0.25) is 4.79 Å². The zero-order valence-electron chi connectivity index (χ0n) is 15.9. The van der Waals surface area contributed by atoms with E-state index in [1.165, 1.54) is 16.8 Å². The summed E-state index contributed by atoms with van der Waals surface area (Å²) in [7, 11) is 0. The van der Waals surface area contributed by atoms with Gasteiger partial charge in [0.15, 0.2) is 0 Å². The highest BCUT2D eigenvalue weighted by Crippen LogP contribution is 2.31. The molecular formula is C20H20Cl2FN5O. The molecule has 0 spiro atoms. The Morgan fingerprint density at radius 2 is 1.83 bits per heavy atom. The first-order valence-electron chi connectivity index (χ1n) is 9.07. The van der Waals surface area contributed by atoms with Crippen LogP contribution in [0.5, 0.6) is 0 Å². The third-order valence-electron chi connectivity index (χ3n) is 4.67. The van der Waals surface area contributed by atoms with Crippen LogP contribution in [0.1, 0.15) is 35.8 Å². The molecule has 0 bridgehead atoms. The molecule has 0 saturated carbocycles. The zero-order valence-corrected chi connectivity index (χ0v) is 17.5. The average molecular weight is 436 g/mol. The lowest BCUT2D eigenvalue weighted by Crippen LogP contribution is -2.37. The molecule has 1 aromatic heterocycles. The molecule has 3 rings (SSSR count). The summed E-state index contributed by atoms with van der Waals surface area (Å²) in [6, 6.07) is 10.6. The van der Waals surface area contributed by atoms with Crippen molar-refractivity contribution >= 4 is 29.1 Å². The Morgan fingerprint density at radius 3 is 2.41 bits per heavy atom. The van der Waals surface area contributed by atoms with Crippen LogP contribution in [0.4, 0.5) is 4.39 Å². The number of nitrogens with zero attached hydrogens (tertiary/aromatic N) is 4. The first kappa shape index (κ1) is 21.2. The number of aryl methyl sites for hydroxylation is 1. The van der Waals surface area contributed by atoms with E-state index in [-0.39, 0.29) is 17.6 Å². The van der Waals surface area contributed by atoms with Crippen LogP contribution in [0, 0.1) is 12.7 Å². The van der Waals surface area contributed by atoms with E-state index < -0.39 is 6.04 Å². The van der Waals surface area contributed by atoms with Gasteiger partial charge in [-0.15, -0.1) is 5.10 Å². The van der Waals surface area contributed by atoms with Crippen molar-refractivity contribution in [3.05, 3.63) is 75.3 Å². The van der Waals surface area contributed by atoms with Gasteiger partial charge in [0.1, 0.15) is 17.7 Å². The van der Waals surface area contributed by atoms with Crippen molar-refractivity contribution < 1.29 is 9.18 Å². The number of nitrogens with one attached hydrogen (secondary N) is 1. The first-order chi connectivity index (χ1) is 13.9. The molecule has 1 heterocycles. The molecule has 0 aliphatic rings. The van der Waals surface area contributed by atoms with Gasteiger partial charge in [0.2, 0.25) is 5.91 Å². The minimum Gasteiger partial charge on any atom is -0.354 e. The molecular weight excluding hydrogens is 416 g/mol. The topological polar surface area (TPSA) is 72.7 Å². The largest absolute Gasteiger partial charge is 0.354 e. The molecule has 9 heteroatoms. The maximum atomic E-state index is 13.2. The fourth-order valence-corrected chi connectivity index (χ4v) is 3.89. The van der Waals surface area contributed by atoms with Crippen molar-refractivity contribution in [3.8, 4) is 0 Å². The lowest BCUT2D eigenvalue weighted by atomic mass is 10.0. The van der Waals surface area contributed by atoms with Gasteiger partial charge in [0.25, 0.3) is 0 Å². The number of hydrogen-bond donors (Lipinski definition) is 1. The lowest BCUT2D eigenvalue weighted by molar-refractivity contribution is -0.124. The fraction of sp³-hybridized carbons (Fsp3) is 0.300. The van der Waals surface area contributed by atoms with E-state index >= 15 is 0 Å². The van der Waals surface area contributed by atoms with E-state index in [9.17, 15) is 9.18 Å². The first-order valence-corrected chi connectivity index (χ1v) is 9.83. The van der Waals surface area contributed by atoms with Crippen molar-refractivity contribution in [2.24, 2.45) is 0 Å². The van der Waals surface area contributed by atoms with Crippen molar-refractivity contribution in [3.63, 3.8) is 0 Å². The molecule has 0 radical (unpaired) electrons. The molecule has 3 aromatic rings. The standard InChI is InChI=1S/C20H20Cl2FN5O/c1-12(19-16(21)4-3-5-17(19)22)11-24-20(29)18(28-13(2)25-26-27-28)10-14-6-8-15(23)9-7-14/h3-9,12,18H,10-11H2,1-2H3,(H,24,29). The van der Waals surface area contributed by atoms with Crippen molar-refractivity contribution in [2.45, 2.75) is 32.2 Å². The number of carbonyl (C=O) groups is 1. The molecule has 2 unspecified atom stereocenters. The number of carbonyl (C=O) groups excluding carboxylic acids is 1. The van der Waals surface area contributed by atoms with Gasteiger partial charge in [-0.25, -0.2) is 9.07 Å². The second-order valence-corrected chi connectivity index (χ2v) is 7.61. The molecule has 1 N–H and O–H groups in total. The Labute approximate surface area is 178 Å². The van der Waals surface area contributed by atoms with Gasteiger partial charge in [0.05, 0.1) is 0 Å². The van der Waals surface area contributed by atoms with Crippen LogP contribution in [0.25, 0.3) is 0 Å². The fourth-order valence-electron chi connectivity index (χ4n) is 3.12. The monoisotopic (exact) mass is 435 g/mol. The molecule has 0 saturated heterocycles. The molecule has 2 atom stereocenters. The van der Waals surface area contributed by atoms with Crippen LogP contribution in [0.2, 0.25) is 10.0 Å². The van der Waals surface area contributed by atoms with Gasteiger partial charge in [-0.1, -0.05) is 48.3 Å². The zero-order chi connectivity index (χ0) is 21.0. The van der Waals surface area contributed by atoms with E-state index in [4.69, 9.17) is 23.2 Å². The van der Waals surface area contributed by atoms with E-state index in [0.29, 0.717) is 28.8 Å². The number of halogens is 3. The van der Waals surface area contributed by atoms with Crippen LogP contribution in [0.3, 0.4) is 0 Å². The lowest BCUT2D eigenvalue weighted by Gasteiger charge is -2.20. The van der Waals surface area contributed by atoms with Gasteiger partial charge in [0, 0.05) is 28.9 Å². The summed E-state index contributed by atoms with van der Waals surface area (Å²) in [6.07, 6.45) is 0.319. The van der Waals surface area contributed by atoms with Crippen LogP contribution < -0.4 is 5.32 Å². The molecule has 0 aliphatic carbocycles. The molecule has 0 fully saturated rings. The van der Waals surface area contributed by atoms with E-state index in [1.807, 2.05) is 6.92 Å². The quantitative estimate of drug-likeness (QED) is 0.605. The smallest absolute Gasteiger partial charge is 0.245 e. The Kier molecular flexibility index (Phi) is 6.82. The maximum absolute atomic E-state index is 13.2. The number of tetrazole rings is 1. The predicted octanol–water partition coefficient (Wildman–Crippen LogP) is 4.13. The highest BCUT2D eigenvalue weighted by Gasteiger charge is 2.25. The second kappa shape index (κ2) is 9.33. The Morgan fingerprint density at radius 1 is 1.17 bits per heavy atom. The number of rotatable bonds is 7. The summed E-state index contributed by atoms with van der Waals surface area (Å²) in [5.41, 5.74) is 1.58. The van der Waals surface area contributed by atoms with Gasteiger partial charge < -0.3 is 5.32 Å². The Bertz CT molecular complexity index is 973. The highest BCUT2D eigenvalue weighted by atomic mass is 35.5. The molecule has 0 aliphatic heterocycles. The van der Waals surface area contributed by atoms with E-state index in [0.717, 1.165) is 11.1 Å². The number of aromatic nitrogens is 4. The Balaban J connectivity index is 1.76. The summed E-state index contributed by atoms with van der Waals surface area (Å²) in [4.78, 5) is 13.0. The summed E-state index contributed by atoms with van der Waals surface area (Å²) in [5, 5.41) is 15.5. The molecule has 29 heavy (non-hydrogen) atoms. The number of amides is 1. The predicted molar refractivity (Wildman–Crippen MR) is 110 cm³/mol. The summed E-state index contributed by atoms with van der Waals surface area (Å²) < 4.78 is 14.7. The minimum atomic E-state index is -0.677. The van der Waals surface area contributed by atoms with E-state index in [2.05, 4.69) is 20.8 Å². The van der Waals surface area contributed by atoms with Gasteiger partial charge in [-0.05, 0) is 52.7 Å². The summed E-state index contributed by atoms with van der Waals surface area (Å²) >= 11 is 12.5.